The Morgan fingerprint density at radius 1 is 1.18 bits per heavy atom. The summed E-state index contributed by atoms with van der Waals surface area (Å²) < 4.78 is 11.5. The molecule has 1 unspecified atom stereocenters. The molecule has 1 fully saturated rings. The number of carbonyl (C=O) groups excluding carboxylic acids is 1. The van der Waals surface area contributed by atoms with Crippen LogP contribution in [0.25, 0.3) is 0 Å². The van der Waals surface area contributed by atoms with Crippen LogP contribution in [0.5, 0.6) is 0 Å². The van der Waals surface area contributed by atoms with Crippen molar-refractivity contribution in [1.29, 1.82) is 0 Å². The van der Waals surface area contributed by atoms with E-state index < -0.39 is 0 Å². The molecule has 1 saturated heterocycles. The van der Waals surface area contributed by atoms with Gasteiger partial charge in [-0.1, -0.05) is 36.4 Å². The molecule has 0 saturated carbocycles. The Bertz CT molecular complexity index is 932. The Labute approximate surface area is 165 Å². The third kappa shape index (κ3) is 3.10. The Hall–Kier alpha value is -2.66. The van der Waals surface area contributed by atoms with E-state index in [0.29, 0.717) is 26.1 Å². The van der Waals surface area contributed by atoms with Crippen molar-refractivity contribution in [2.75, 3.05) is 13.2 Å². The average molecular weight is 376 g/mol. The molecule has 3 aliphatic heterocycles. The van der Waals surface area contributed by atoms with Crippen LogP contribution in [0.1, 0.15) is 47.2 Å². The summed E-state index contributed by atoms with van der Waals surface area (Å²) in [6.07, 6.45) is 1.46. The number of amides is 1. The number of rotatable bonds is 3. The molecular formula is C23H24N2O3. The van der Waals surface area contributed by atoms with Crippen molar-refractivity contribution in [1.82, 2.24) is 4.90 Å². The second-order valence-corrected chi connectivity index (χ2v) is 7.79. The van der Waals surface area contributed by atoms with Crippen molar-refractivity contribution < 1.29 is 14.3 Å². The smallest absolute Gasteiger partial charge is 0.227 e. The molecule has 0 bridgehead atoms. The Kier molecular flexibility index (Phi) is 4.40. The predicted molar refractivity (Wildman–Crippen MR) is 106 cm³/mol. The molecule has 0 radical (unpaired) electrons. The van der Waals surface area contributed by atoms with E-state index in [0.717, 1.165) is 41.2 Å². The van der Waals surface area contributed by atoms with Crippen LogP contribution < -0.4 is 0 Å². The summed E-state index contributed by atoms with van der Waals surface area (Å²) in [6, 6.07) is 14.6. The molecule has 3 heterocycles. The summed E-state index contributed by atoms with van der Waals surface area (Å²) >= 11 is 0. The van der Waals surface area contributed by atoms with E-state index in [1.54, 1.807) is 0 Å². The standard InChI is InChI=1S/C23H24N2O3/c1-15(16-5-3-2-4-6-16)25-13-19-10-21-18(9-17(19)11-22(25)26)12-24-23(21)28-20-7-8-27-14-20/h2-6,9-10,15,20H,7-8,11-14H2,1H3/t15-,20?/m1/s1. The van der Waals surface area contributed by atoms with Crippen molar-refractivity contribution in [3.8, 4) is 0 Å². The first-order valence-corrected chi connectivity index (χ1v) is 9.97. The van der Waals surface area contributed by atoms with Crippen molar-refractivity contribution in [2.24, 2.45) is 4.99 Å². The maximum atomic E-state index is 12.8. The lowest BCUT2D eigenvalue weighted by atomic mass is 9.92. The van der Waals surface area contributed by atoms with Crippen LogP contribution in [-0.2, 0) is 33.8 Å². The number of benzene rings is 2. The number of hydrogen-bond donors (Lipinski definition) is 0. The number of carbonyl (C=O) groups is 1. The minimum atomic E-state index is 0.0510. The minimum Gasteiger partial charge on any atom is -0.472 e. The van der Waals surface area contributed by atoms with Crippen LogP contribution in [0.15, 0.2) is 47.5 Å². The first kappa shape index (κ1) is 17.4. The number of aliphatic imine (C=N–C) groups is 1. The maximum absolute atomic E-state index is 12.8. The van der Waals surface area contributed by atoms with Crippen molar-refractivity contribution >= 4 is 11.8 Å². The molecule has 0 aliphatic carbocycles. The first-order chi connectivity index (χ1) is 13.7. The van der Waals surface area contributed by atoms with Gasteiger partial charge < -0.3 is 14.4 Å². The summed E-state index contributed by atoms with van der Waals surface area (Å²) in [5.74, 6) is 0.912. The van der Waals surface area contributed by atoms with Crippen LogP contribution in [0.3, 0.4) is 0 Å². The third-order valence-electron chi connectivity index (χ3n) is 5.97. The quantitative estimate of drug-likeness (QED) is 0.825. The molecule has 5 heteroatoms. The zero-order valence-electron chi connectivity index (χ0n) is 16.1. The van der Waals surface area contributed by atoms with E-state index >= 15 is 0 Å². The van der Waals surface area contributed by atoms with Crippen LogP contribution >= 0.6 is 0 Å². The van der Waals surface area contributed by atoms with Crippen LogP contribution in [0.4, 0.5) is 0 Å². The normalized spacial score (nSPS) is 21.9. The molecule has 3 aliphatic rings. The van der Waals surface area contributed by atoms with E-state index in [2.05, 4.69) is 36.2 Å². The predicted octanol–water partition coefficient (Wildman–Crippen LogP) is 3.40. The minimum absolute atomic E-state index is 0.0510. The second-order valence-electron chi connectivity index (χ2n) is 7.79. The van der Waals surface area contributed by atoms with Gasteiger partial charge in [0.25, 0.3) is 0 Å². The highest BCUT2D eigenvalue weighted by Gasteiger charge is 2.31. The molecule has 1 amide bonds. The second kappa shape index (κ2) is 7.06. The van der Waals surface area contributed by atoms with Gasteiger partial charge in [0.15, 0.2) is 0 Å². The topological polar surface area (TPSA) is 51.1 Å². The highest BCUT2D eigenvalue weighted by atomic mass is 16.5. The van der Waals surface area contributed by atoms with Gasteiger partial charge in [-0.15, -0.1) is 0 Å². The third-order valence-corrected chi connectivity index (χ3v) is 5.97. The summed E-state index contributed by atoms with van der Waals surface area (Å²) in [5.41, 5.74) is 5.72. The molecular weight excluding hydrogens is 352 g/mol. The molecule has 5 nitrogen and oxygen atoms in total. The van der Waals surface area contributed by atoms with Crippen LogP contribution in [-0.4, -0.2) is 36.0 Å². The Morgan fingerprint density at radius 3 is 2.82 bits per heavy atom. The molecule has 0 aromatic heterocycles. The molecule has 28 heavy (non-hydrogen) atoms. The molecule has 2 aromatic carbocycles. The van der Waals surface area contributed by atoms with Gasteiger partial charge in [-0.05, 0) is 35.2 Å². The van der Waals surface area contributed by atoms with Crippen LogP contribution in [0, 0.1) is 0 Å². The fourth-order valence-corrected chi connectivity index (χ4v) is 4.29. The van der Waals surface area contributed by atoms with E-state index in [1.807, 2.05) is 23.1 Å². The molecule has 5 rings (SSSR count). The van der Waals surface area contributed by atoms with Gasteiger partial charge in [-0.2, -0.15) is 0 Å². The van der Waals surface area contributed by atoms with Gasteiger partial charge in [0.1, 0.15) is 6.10 Å². The van der Waals surface area contributed by atoms with Crippen molar-refractivity contribution in [3.63, 3.8) is 0 Å². The lowest BCUT2D eigenvalue weighted by molar-refractivity contribution is -0.134. The zero-order chi connectivity index (χ0) is 19.1. The molecule has 2 atom stereocenters. The number of fused-ring (bicyclic) bond motifs is 2. The summed E-state index contributed by atoms with van der Waals surface area (Å²) in [6.45, 7) is 4.74. The fourth-order valence-electron chi connectivity index (χ4n) is 4.29. The SMILES string of the molecule is C[C@H](c1ccccc1)N1Cc2cc3c(cc2CC1=O)CN=C3OC1CCOC1. The number of nitrogens with zero attached hydrogens (tertiary/aromatic N) is 2. The van der Waals surface area contributed by atoms with Gasteiger partial charge in [-0.3, -0.25) is 4.79 Å². The Balaban J connectivity index is 1.40. The maximum Gasteiger partial charge on any atom is 0.227 e. The fraction of sp³-hybridized carbons (Fsp3) is 0.391. The molecule has 144 valence electrons. The van der Waals surface area contributed by atoms with Gasteiger partial charge in [0.2, 0.25) is 11.8 Å². The molecule has 2 aromatic rings. The average Bonchev–Trinajstić information content (AvgIpc) is 3.37. The molecule has 0 N–H and O–H groups in total. The van der Waals surface area contributed by atoms with Gasteiger partial charge in [-0.25, -0.2) is 4.99 Å². The highest BCUT2D eigenvalue weighted by molar-refractivity contribution is 5.98. The number of hydrogen-bond acceptors (Lipinski definition) is 4. The van der Waals surface area contributed by atoms with Gasteiger partial charge in [0.05, 0.1) is 32.2 Å². The van der Waals surface area contributed by atoms with Gasteiger partial charge in [0, 0.05) is 18.5 Å². The lowest BCUT2D eigenvalue weighted by Gasteiger charge is -2.34. The molecule has 0 spiro atoms. The summed E-state index contributed by atoms with van der Waals surface area (Å²) in [5, 5.41) is 0. The zero-order valence-corrected chi connectivity index (χ0v) is 16.1. The number of ether oxygens (including phenoxy) is 2. The largest absolute Gasteiger partial charge is 0.472 e. The first-order valence-electron chi connectivity index (χ1n) is 9.97. The summed E-state index contributed by atoms with van der Waals surface area (Å²) in [4.78, 5) is 19.4. The monoisotopic (exact) mass is 376 g/mol. The van der Waals surface area contributed by atoms with E-state index in [9.17, 15) is 4.79 Å². The lowest BCUT2D eigenvalue weighted by Crippen LogP contribution is -2.38. The van der Waals surface area contributed by atoms with Gasteiger partial charge >= 0.3 is 0 Å². The van der Waals surface area contributed by atoms with Crippen LogP contribution in [0.2, 0.25) is 0 Å². The summed E-state index contributed by atoms with van der Waals surface area (Å²) in [7, 11) is 0. The highest BCUT2D eigenvalue weighted by Crippen LogP contribution is 2.32. The van der Waals surface area contributed by atoms with E-state index in [1.165, 1.54) is 5.56 Å². The van der Waals surface area contributed by atoms with Crippen molar-refractivity contribution in [3.05, 3.63) is 70.3 Å². The van der Waals surface area contributed by atoms with E-state index in [-0.39, 0.29) is 18.1 Å². The van der Waals surface area contributed by atoms with Crippen molar-refractivity contribution in [2.45, 2.75) is 45.0 Å². The van der Waals surface area contributed by atoms with E-state index in [4.69, 9.17) is 9.47 Å². The Morgan fingerprint density at radius 2 is 2.04 bits per heavy atom.